The Morgan fingerprint density at radius 3 is 2.40 bits per heavy atom. The molecule has 0 N–H and O–H groups in total. The SMILES string of the molecule is CC(C)Cc1nc(-c2ccc(Br)c(Br)c2)nc(Cl)c1Br. The van der Waals surface area contributed by atoms with Crippen LogP contribution in [-0.4, -0.2) is 9.97 Å². The minimum Gasteiger partial charge on any atom is -0.232 e. The van der Waals surface area contributed by atoms with Gasteiger partial charge >= 0.3 is 0 Å². The molecule has 1 heterocycles. The van der Waals surface area contributed by atoms with E-state index in [1.54, 1.807) is 0 Å². The first kappa shape index (κ1) is 16.4. The fraction of sp³-hybridized carbons (Fsp3) is 0.286. The van der Waals surface area contributed by atoms with Gasteiger partial charge in [-0.3, -0.25) is 0 Å². The minimum absolute atomic E-state index is 0.449. The van der Waals surface area contributed by atoms with Gasteiger partial charge in [0.15, 0.2) is 5.82 Å². The quantitative estimate of drug-likeness (QED) is 0.480. The second-order valence-electron chi connectivity index (χ2n) is 4.83. The number of hydrogen-bond acceptors (Lipinski definition) is 2. The summed E-state index contributed by atoms with van der Waals surface area (Å²) in [7, 11) is 0. The highest BCUT2D eigenvalue weighted by atomic mass is 79.9. The van der Waals surface area contributed by atoms with E-state index < -0.39 is 0 Å². The van der Waals surface area contributed by atoms with E-state index in [9.17, 15) is 0 Å². The highest BCUT2D eigenvalue weighted by molar-refractivity contribution is 9.13. The van der Waals surface area contributed by atoms with Gasteiger partial charge < -0.3 is 0 Å². The zero-order valence-electron chi connectivity index (χ0n) is 10.9. The smallest absolute Gasteiger partial charge is 0.161 e. The third-order valence-corrected chi connectivity index (χ3v) is 5.87. The lowest BCUT2D eigenvalue weighted by molar-refractivity contribution is 0.632. The molecule has 2 nitrogen and oxygen atoms in total. The van der Waals surface area contributed by atoms with Gasteiger partial charge in [0.05, 0.1) is 10.2 Å². The molecule has 106 valence electrons. The molecule has 0 aliphatic carbocycles. The van der Waals surface area contributed by atoms with Crippen LogP contribution in [0.3, 0.4) is 0 Å². The maximum atomic E-state index is 6.20. The van der Waals surface area contributed by atoms with Crippen molar-refractivity contribution in [1.29, 1.82) is 0 Å². The predicted octanol–water partition coefficient (Wildman–Crippen LogP) is 6.28. The molecular formula is C14H12Br3ClN2. The summed E-state index contributed by atoms with van der Waals surface area (Å²) in [4.78, 5) is 8.99. The van der Waals surface area contributed by atoms with Crippen LogP contribution in [0.2, 0.25) is 5.15 Å². The molecule has 6 heteroatoms. The number of aromatic nitrogens is 2. The van der Waals surface area contributed by atoms with Gasteiger partial charge in [-0.1, -0.05) is 25.4 Å². The van der Waals surface area contributed by atoms with Crippen LogP contribution in [0.1, 0.15) is 19.5 Å². The summed E-state index contributed by atoms with van der Waals surface area (Å²) < 4.78 is 2.74. The van der Waals surface area contributed by atoms with Gasteiger partial charge in [0.2, 0.25) is 0 Å². The predicted molar refractivity (Wildman–Crippen MR) is 94.1 cm³/mol. The summed E-state index contributed by atoms with van der Waals surface area (Å²) in [5.41, 5.74) is 1.87. The second kappa shape index (κ2) is 6.86. The molecule has 0 saturated carbocycles. The molecule has 2 aromatic rings. The Hall–Kier alpha value is 0.0300. The van der Waals surface area contributed by atoms with E-state index in [0.29, 0.717) is 16.9 Å². The monoisotopic (exact) mass is 480 g/mol. The van der Waals surface area contributed by atoms with Crippen LogP contribution in [0.5, 0.6) is 0 Å². The van der Waals surface area contributed by atoms with E-state index in [4.69, 9.17) is 11.6 Å². The average molecular weight is 483 g/mol. The lowest BCUT2D eigenvalue weighted by Crippen LogP contribution is -2.02. The molecule has 0 fully saturated rings. The Bertz CT molecular complexity index is 645. The van der Waals surface area contributed by atoms with Gasteiger partial charge in [-0.25, -0.2) is 9.97 Å². The molecule has 0 saturated heterocycles. The van der Waals surface area contributed by atoms with E-state index >= 15 is 0 Å². The van der Waals surface area contributed by atoms with Crippen LogP contribution in [0.15, 0.2) is 31.6 Å². The van der Waals surface area contributed by atoms with Crippen LogP contribution in [0, 0.1) is 5.92 Å². The number of benzene rings is 1. The Labute approximate surface area is 148 Å². The second-order valence-corrected chi connectivity index (χ2v) is 7.69. The number of nitrogens with zero attached hydrogens (tertiary/aromatic N) is 2. The van der Waals surface area contributed by atoms with Gasteiger partial charge in [-0.15, -0.1) is 0 Å². The highest BCUT2D eigenvalue weighted by Gasteiger charge is 2.14. The first-order valence-corrected chi connectivity index (χ1v) is 8.81. The van der Waals surface area contributed by atoms with Gasteiger partial charge in [-0.05, 0) is 78.3 Å². The molecule has 0 aliphatic rings. The summed E-state index contributed by atoms with van der Waals surface area (Å²) in [6, 6.07) is 5.90. The van der Waals surface area contributed by atoms with E-state index in [0.717, 1.165) is 31.1 Å². The molecule has 1 aromatic carbocycles. The average Bonchev–Trinajstić information content (AvgIpc) is 2.37. The maximum Gasteiger partial charge on any atom is 0.161 e. The van der Waals surface area contributed by atoms with E-state index in [1.807, 2.05) is 18.2 Å². The van der Waals surface area contributed by atoms with Crippen LogP contribution >= 0.6 is 59.4 Å². The van der Waals surface area contributed by atoms with E-state index in [1.165, 1.54) is 0 Å². The van der Waals surface area contributed by atoms with Crippen molar-refractivity contribution in [2.24, 2.45) is 5.92 Å². The molecule has 0 amide bonds. The molecule has 0 atom stereocenters. The zero-order valence-corrected chi connectivity index (χ0v) is 16.4. The first-order valence-electron chi connectivity index (χ1n) is 6.05. The maximum absolute atomic E-state index is 6.20. The zero-order chi connectivity index (χ0) is 14.9. The van der Waals surface area contributed by atoms with Gasteiger partial charge in [0, 0.05) is 14.5 Å². The molecular weight excluding hydrogens is 471 g/mol. The first-order chi connectivity index (χ1) is 9.38. The van der Waals surface area contributed by atoms with Crippen molar-refractivity contribution in [3.8, 4) is 11.4 Å². The summed E-state index contributed by atoms with van der Waals surface area (Å²) in [6.45, 7) is 4.30. The lowest BCUT2D eigenvalue weighted by atomic mass is 10.1. The largest absolute Gasteiger partial charge is 0.232 e. The van der Waals surface area contributed by atoms with Crippen molar-refractivity contribution in [2.75, 3.05) is 0 Å². The van der Waals surface area contributed by atoms with Gasteiger partial charge in [0.1, 0.15) is 5.15 Å². The third kappa shape index (κ3) is 3.81. The Morgan fingerprint density at radius 1 is 1.10 bits per heavy atom. The van der Waals surface area contributed by atoms with Crippen LogP contribution in [0.25, 0.3) is 11.4 Å². The topological polar surface area (TPSA) is 25.8 Å². The van der Waals surface area contributed by atoms with Gasteiger partial charge in [0.25, 0.3) is 0 Å². The fourth-order valence-corrected chi connectivity index (χ4v) is 2.90. The summed E-state index contributed by atoms with van der Waals surface area (Å²) in [5, 5.41) is 0.449. The highest BCUT2D eigenvalue weighted by Crippen LogP contribution is 2.31. The van der Waals surface area contributed by atoms with Crippen LogP contribution in [0.4, 0.5) is 0 Å². The number of halogens is 4. The molecule has 20 heavy (non-hydrogen) atoms. The Morgan fingerprint density at radius 2 is 1.80 bits per heavy atom. The fourth-order valence-electron chi connectivity index (χ4n) is 1.75. The molecule has 1 aromatic heterocycles. The number of rotatable bonds is 3. The summed E-state index contributed by atoms with van der Waals surface area (Å²) in [5.74, 6) is 1.14. The molecule has 0 bridgehead atoms. The molecule has 0 aliphatic heterocycles. The van der Waals surface area contributed by atoms with Crippen molar-refractivity contribution in [3.63, 3.8) is 0 Å². The van der Waals surface area contributed by atoms with Crippen molar-refractivity contribution < 1.29 is 0 Å². The summed E-state index contributed by atoms with van der Waals surface area (Å²) in [6.07, 6.45) is 0.855. The minimum atomic E-state index is 0.449. The summed E-state index contributed by atoms with van der Waals surface area (Å²) >= 11 is 16.6. The van der Waals surface area contributed by atoms with Crippen LogP contribution < -0.4 is 0 Å². The lowest BCUT2D eigenvalue weighted by Gasteiger charge is -2.10. The molecule has 0 spiro atoms. The van der Waals surface area contributed by atoms with Crippen LogP contribution in [-0.2, 0) is 6.42 Å². The molecule has 0 unspecified atom stereocenters. The standard InChI is InChI=1S/C14H12Br3ClN2/c1-7(2)5-11-12(17)13(18)20-14(19-11)8-3-4-9(15)10(16)6-8/h3-4,6-7H,5H2,1-2H3. The van der Waals surface area contributed by atoms with Crippen molar-refractivity contribution in [3.05, 3.63) is 42.5 Å². The van der Waals surface area contributed by atoms with E-state index in [2.05, 4.69) is 71.6 Å². The third-order valence-electron chi connectivity index (χ3n) is 2.66. The Kier molecular flexibility index (Phi) is 5.63. The molecule has 2 rings (SSSR count). The van der Waals surface area contributed by atoms with Crippen molar-refractivity contribution in [1.82, 2.24) is 9.97 Å². The Balaban J connectivity index is 2.51. The normalized spacial score (nSPS) is 11.2. The van der Waals surface area contributed by atoms with Crippen molar-refractivity contribution in [2.45, 2.75) is 20.3 Å². The molecule has 0 radical (unpaired) electrons. The van der Waals surface area contributed by atoms with Crippen molar-refractivity contribution >= 4 is 59.4 Å². The van der Waals surface area contributed by atoms with E-state index in [-0.39, 0.29) is 0 Å². The van der Waals surface area contributed by atoms with Gasteiger partial charge in [-0.2, -0.15) is 0 Å². The number of hydrogen-bond donors (Lipinski definition) is 0.